The molecule has 2 rings (SSSR count). The van der Waals surface area contributed by atoms with E-state index in [2.05, 4.69) is 0 Å². The van der Waals surface area contributed by atoms with Crippen LogP contribution in [-0.2, 0) is 14.3 Å². The molecule has 2 amide bonds. The van der Waals surface area contributed by atoms with Crippen molar-refractivity contribution in [2.75, 3.05) is 13.7 Å². The molecule has 2 fully saturated rings. The van der Waals surface area contributed by atoms with Crippen LogP contribution in [0.2, 0.25) is 0 Å². The van der Waals surface area contributed by atoms with Crippen LogP contribution < -0.4 is 5.73 Å². The second kappa shape index (κ2) is 5.63. The predicted molar refractivity (Wildman–Crippen MR) is 67.0 cm³/mol. The maximum atomic E-state index is 13.1. The van der Waals surface area contributed by atoms with Gasteiger partial charge in [-0.1, -0.05) is 0 Å². The molecule has 1 heterocycles. The molecular weight excluding hydrogens is 270 g/mol. The van der Waals surface area contributed by atoms with Gasteiger partial charge in [0.15, 0.2) is 0 Å². The van der Waals surface area contributed by atoms with Crippen molar-refractivity contribution in [2.24, 2.45) is 11.7 Å². The van der Waals surface area contributed by atoms with Crippen LogP contribution >= 0.6 is 0 Å². The minimum atomic E-state index is -2.67. The highest BCUT2D eigenvalue weighted by Gasteiger charge is 2.44. The first-order chi connectivity index (χ1) is 9.34. The van der Waals surface area contributed by atoms with E-state index < -0.39 is 23.8 Å². The molecule has 0 radical (unpaired) electrons. The van der Waals surface area contributed by atoms with Crippen LogP contribution in [0.15, 0.2) is 0 Å². The van der Waals surface area contributed by atoms with Crippen molar-refractivity contribution in [3.63, 3.8) is 0 Å². The van der Waals surface area contributed by atoms with Crippen LogP contribution in [0, 0.1) is 5.92 Å². The highest BCUT2D eigenvalue weighted by Crippen LogP contribution is 2.37. The van der Waals surface area contributed by atoms with Gasteiger partial charge in [0, 0.05) is 38.8 Å². The average Bonchev–Trinajstić information content (AvgIpc) is 2.82. The van der Waals surface area contributed by atoms with Crippen LogP contribution in [-0.4, -0.2) is 48.4 Å². The summed E-state index contributed by atoms with van der Waals surface area (Å²) in [5.41, 5.74) is 5.31. The number of rotatable bonds is 3. The molecule has 5 nitrogen and oxygen atoms in total. The van der Waals surface area contributed by atoms with Gasteiger partial charge in [-0.05, 0) is 12.8 Å². The lowest BCUT2D eigenvalue weighted by Gasteiger charge is -2.32. The molecule has 20 heavy (non-hydrogen) atoms. The second-order valence-electron chi connectivity index (χ2n) is 5.63. The number of primary amides is 1. The van der Waals surface area contributed by atoms with Gasteiger partial charge >= 0.3 is 0 Å². The van der Waals surface area contributed by atoms with Gasteiger partial charge in [0.05, 0.1) is 6.10 Å². The van der Waals surface area contributed by atoms with E-state index in [1.165, 1.54) is 12.0 Å². The molecule has 0 aromatic heterocycles. The number of likely N-dealkylation sites (tertiary alicyclic amines) is 1. The Morgan fingerprint density at radius 3 is 2.40 bits per heavy atom. The Morgan fingerprint density at radius 1 is 1.30 bits per heavy atom. The minimum absolute atomic E-state index is 0.158. The molecule has 1 aliphatic carbocycles. The van der Waals surface area contributed by atoms with Gasteiger partial charge in [-0.25, -0.2) is 8.78 Å². The number of carbonyl (C=O) groups excluding carboxylic acids is 2. The summed E-state index contributed by atoms with van der Waals surface area (Å²) in [7, 11) is 1.51. The summed E-state index contributed by atoms with van der Waals surface area (Å²) in [6, 6.07) is -0.685. The van der Waals surface area contributed by atoms with Crippen molar-refractivity contribution in [3.05, 3.63) is 0 Å². The minimum Gasteiger partial charge on any atom is -0.380 e. The van der Waals surface area contributed by atoms with Crippen LogP contribution in [0.3, 0.4) is 0 Å². The van der Waals surface area contributed by atoms with Crippen LogP contribution in [0.1, 0.15) is 32.1 Å². The molecule has 0 spiro atoms. The van der Waals surface area contributed by atoms with Crippen molar-refractivity contribution in [2.45, 2.75) is 50.2 Å². The zero-order valence-electron chi connectivity index (χ0n) is 11.5. The number of nitrogens with two attached hydrogens (primary N) is 1. The fourth-order valence-corrected chi connectivity index (χ4v) is 3.00. The first-order valence-corrected chi connectivity index (χ1v) is 6.84. The number of alkyl halides is 2. The highest BCUT2D eigenvalue weighted by atomic mass is 19.3. The molecule has 0 unspecified atom stereocenters. The molecule has 2 atom stereocenters. The zero-order chi connectivity index (χ0) is 14.9. The van der Waals surface area contributed by atoms with Gasteiger partial charge < -0.3 is 15.4 Å². The summed E-state index contributed by atoms with van der Waals surface area (Å²) in [6.07, 6.45) is -0.0723. The third-order valence-electron chi connectivity index (χ3n) is 4.27. The number of ether oxygens (including phenoxy) is 1. The summed E-state index contributed by atoms with van der Waals surface area (Å²) in [5, 5.41) is 0. The van der Waals surface area contributed by atoms with Gasteiger partial charge in [0.25, 0.3) is 0 Å². The summed E-state index contributed by atoms with van der Waals surface area (Å²) in [4.78, 5) is 25.2. The van der Waals surface area contributed by atoms with Crippen molar-refractivity contribution in [1.29, 1.82) is 0 Å². The Hall–Kier alpha value is -1.24. The fourth-order valence-electron chi connectivity index (χ4n) is 3.00. The quantitative estimate of drug-likeness (QED) is 0.840. The van der Waals surface area contributed by atoms with Crippen LogP contribution in [0.4, 0.5) is 8.78 Å². The Bertz CT molecular complexity index is 393. The summed E-state index contributed by atoms with van der Waals surface area (Å²) in [6.45, 7) is 0.301. The fraction of sp³-hybridized carbons (Fsp3) is 0.846. The van der Waals surface area contributed by atoms with Crippen LogP contribution in [0.25, 0.3) is 0 Å². The number of hydrogen-bond acceptors (Lipinski definition) is 3. The van der Waals surface area contributed by atoms with Gasteiger partial charge in [0.2, 0.25) is 17.7 Å². The van der Waals surface area contributed by atoms with Gasteiger partial charge in [-0.15, -0.1) is 0 Å². The maximum Gasteiger partial charge on any atom is 0.248 e. The van der Waals surface area contributed by atoms with Gasteiger partial charge in [-0.2, -0.15) is 0 Å². The van der Waals surface area contributed by atoms with E-state index >= 15 is 0 Å². The van der Waals surface area contributed by atoms with Crippen molar-refractivity contribution < 1.29 is 23.1 Å². The largest absolute Gasteiger partial charge is 0.380 e. The lowest BCUT2D eigenvalue weighted by atomic mass is 9.85. The predicted octanol–water partition coefficient (Wildman–Crippen LogP) is 0.913. The summed E-state index contributed by atoms with van der Waals surface area (Å²) in [5.74, 6) is -3.92. The number of nitrogens with zero attached hydrogens (tertiary/aromatic N) is 1. The van der Waals surface area contributed by atoms with E-state index in [9.17, 15) is 18.4 Å². The smallest absolute Gasteiger partial charge is 0.248 e. The summed E-state index contributed by atoms with van der Waals surface area (Å²) >= 11 is 0. The number of carbonyl (C=O) groups is 2. The molecule has 7 heteroatoms. The number of amides is 2. The normalized spacial score (nSPS) is 30.4. The molecule has 0 aromatic rings. The third-order valence-corrected chi connectivity index (χ3v) is 4.27. The van der Waals surface area contributed by atoms with E-state index in [0.29, 0.717) is 13.0 Å². The molecule has 0 bridgehead atoms. The molecule has 1 saturated heterocycles. The standard InChI is InChI=1S/C13H20F2N2O3/c1-20-9-6-10(11(16)18)17(7-9)12(19)8-2-4-13(14,15)5-3-8/h8-10H,2-7H2,1H3,(H2,16,18)/t9-,10-/m0/s1. The molecule has 114 valence electrons. The third kappa shape index (κ3) is 3.08. The highest BCUT2D eigenvalue weighted by molar-refractivity contribution is 5.88. The maximum absolute atomic E-state index is 13.1. The number of methoxy groups -OCH3 is 1. The Kier molecular flexibility index (Phi) is 4.27. The number of hydrogen-bond donors (Lipinski definition) is 1. The first kappa shape index (κ1) is 15.2. The molecule has 0 aromatic carbocycles. The summed E-state index contributed by atoms with van der Waals surface area (Å²) < 4.78 is 31.4. The van der Waals surface area contributed by atoms with E-state index in [4.69, 9.17) is 10.5 Å². The van der Waals surface area contributed by atoms with E-state index in [1.54, 1.807) is 0 Å². The van der Waals surface area contributed by atoms with Crippen molar-refractivity contribution in [1.82, 2.24) is 4.90 Å². The molecule has 2 aliphatic rings. The number of halogens is 2. The molecule has 1 saturated carbocycles. The van der Waals surface area contributed by atoms with E-state index in [0.717, 1.165) is 0 Å². The second-order valence-corrected chi connectivity index (χ2v) is 5.63. The molecule has 1 aliphatic heterocycles. The lowest BCUT2D eigenvalue weighted by molar-refractivity contribution is -0.144. The zero-order valence-corrected chi connectivity index (χ0v) is 11.5. The first-order valence-electron chi connectivity index (χ1n) is 6.84. The topological polar surface area (TPSA) is 72.6 Å². The van der Waals surface area contributed by atoms with Crippen molar-refractivity contribution >= 4 is 11.8 Å². The molecule has 2 N–H and O–H groups in total. The SMILES string of the molecule is CO[C@H]1C[C@@H](C(N)=O)N(C(=O)C2CCC(F)(F)CC2)C1. The Labute approximate surface area is 116 Å². The van der Waals surface area contributed by atoms with Crippen LogP contribution in [0.5, 0.6) is 0 Å². The lowest BCUT2D eigenvalue weighted by Crippen LogP contribution is -2.47. The van der Waals surface area contributed by atoms with E-state index in [-0.39, 0.29) is 37.7 Å². The van der Waals surface area contributed by atoms with E-state index in [1.807, 2.05) is 0 Å². The average molecular weight is 290 g/mol. The van der Waals surface area contributed by atoms with Crippen molar-refractivity contribution in [3.8, 4) is 0 Å². The monoisotopic (exact) mass is 290 g/mol. The van der Waals surface area contributed by atoms with Gasteiger partial charge in [-0.3, -0.25) is 9.59 Å². The van der Waals surface area contributed by atoms with Gasteiger partial charge in [0.1, 0.15) is 6.04 Å². The Morgan fingerprint density at radius 2 is 1.90 bits per heavy atom. The molecular formula is C13H20F2N2O3. The Balaban J connectivity index is 2.02.